The minimum atomic E-state index is -0.827. The Balaban J connectivity index is 2.33. The molecule has 5 heteroatoms. The lowest BCUT2D eigenvalue weighted by Gasteiger charge is -2.27. The maximum atomic E-state index is 12.8. The number of benzene rings is 1. The van der Waals surface area contributed by atoms with Crippen LogP contribution in [-0.4, -0.2) is 25.5 Å². The van der Waals surface area contributed by atoms with Gasteiger partial charge in [0.05, 0.1) is 6.07 Å². The Labute approximate surface area is 130 Å². The summed E-state index contributed by atoms with van der Waals surface area (Å²) in [5.74, 6) is -0.442. The van der Waals surface area contributed by atoms with Crippen LogP contribution in [-0.2, 0) is 19.7 Å². The summed E-state index contributed by atoms with van der Waals surface area (Å²) >= 11 is 0. The lowest BCUT2D eigenvalue weighted by molar-refractivity contribution is -0.144. The predicted molar refractivity (Wildman–Crippen MR) is 82.2 cm³/mol. The van der Waals surface area contributed by atoms with Gasteiger partial charge in [-0.3, -0.25) is 9.59 Å². The van der Waals surface area contributed by atoms with E-state index in [9.17, 15) is 9.59 Å². The molecule has 0 aliphatic carbocycles. The van der Waals surface area contributed by atoms with Gasteiger partial charge in [-0.15, -0.1) is 0 Å². The van der Waals surface area contributed by atoms with Crippen molar-refractivity contribution in [2.45, 2.75) is 38.0 Å². The van der Waals surface area contributed by atoms with E-state index in [1.807, 2.05) is 24.3 Å². The number of nitrogens with zero attached hydrogens (tertiary/aromatic N) is 2. The van der Waals surface area contributed by atoms with E-state index < -0.39 is 11.4 Å². The summed E-state index contributed by atoms with van der Waals surface area (Å²) in [5.41, 5.74) is 0.938. The van der Waals surface area contributed by atoms with Crippen molar-refractivity contribution in [3.8, 4) is 6.07 Å². The fourth-order valence-corrected chi connectivity index (χ4v) is 3.03. The zero-order valence-electron chi connectivity index (χ0n) is 13.0. The first kappa shape index (κ1) is 16.0. The Hall–Kier alpha value is -2.35. The minimum absolute atomic E-state index is 0.0492. The highest BCUT2D eigenvalue weighted by Gasteiger charge is 2.49. The predicted octanol–water partition coefficient (Wildman–Crippen LogP) is 2.55. The van der Waals surface area contributed by atoms with Gasteiger partial charge in [-0.1, -0.05) is 24.6 Å². The summed E-state index contributed by atoms with van der Waals surface area (Å²) in [5, 5.41) is 8.66. The molecule has 0 radical (unpaired) electrons. The molecular formula is C17H20N2O3. The zero-order chi connectivity index (χ0) is 16.2. The Morgan fingerprint density at radius 1 is 1.36 bits per heavy atom. The molecule has 1 heterocycles. The molecular weight excluding hydrogens is 280 g/mol. The van der Waals surface area contributed by atoms with Gasteiger partial charge in [-0.05, 0) is 24.5 Å². The number of hydrogen-bond acceptors (Lipinski definition) is 4. The van der Waals surface area contributed by atoms with Crippen LogP contribution < -0.4 is 4.90 Å². The van der Waals surface area contributed by atoms with Crippen molar-refractivity contribution in [1.29, 1.82) is 5.26 Å². The molecule has 1 atom stereocenters. The summed E-state index contributed by atoms with van der Waals surface area (Å²) < 4.78 is 5.21. The number of para-hydroxylation sites is 1. The number of hydrogen-bond donors (Lipinski definition) is 0. The summed E-state index contributed by atoms with van der Waals surface area (Å²) in [4.78, 5) is 25.7. The first-order chi connectivity index (χ1) is 10.5. The average molecular weight is 300 g/mol. The van der Waals surface area contributed by atoms with Gasteiger partial charge in [-0.25, -0.2) is 0 Å². The Bertz CT molecular complexity index is 621. The molecule has 22 heavy (non-hydrogen) atoms. The van der Waals surface area contributed by atoms with Gasteiger partial charge in [-0.2, -0.15) is 5.26 Å². The zero-order valence-corrected chi connectivity index (χ0v) is 13.0. The van der Waals surface area contributed by atoms with Gasteiger partial charge in [0.15, 0.2) is 0 Å². The highest BCUT2D eigenvalue weighted by Crippen LogP contribution is 2.44. The largest absolute Gasteiger partial charge is 0.464 e. The second-order valence-electron chi connectivity index (χ2n) is 5.61. The molecule has 1 unspecified atom stereocenters. The summed E-state index contributed by atoms with van der Waals surface area (Å²) in [6, 6.07) is 9.72. The van der Waals surface area contributed by atoms with E-state index in [-0.39, 0.29) is 12.5 Å². The van der Waals surface area contributed by atoms with Crippen molar-refractivity contribution in [3.05, 3.63) is 29.8 Å². The molecule has 1 amide bonds. The first-order valence-corrected chi connectivity index (χ1v) is 7.41. The van der Waals surface area contributed by atoms with Crippen molar-refractivity contribution in [3.63, 3.8) is 0 Å². The quantitative estimate of drug-likeness (QED) is 0.598. The Kier molecular flexibility index (Phi) is 4.81. The van der Waals surface area contributed by atoms with Gasteiger partial charge in [0.25, 0.3) is 0 Å². The maximum absolute atomic E-state index is 12.8. The third-order valence-electron chi connectivity index (χ3n) is 4.16. The number of amides is 1. The third kappa shape index (κ3) is 2.82. The van der Waals surface area contributed by atoms with Crippen LogP contribution >= 0.6 is 0 Å². The van der Waals surface area contributed by atoms with E-state index in [1.165, 1.54) is 6.92 Å². The molecule has 5 nitrogen and oxygen atoms in total. The molecule has 1 aromatic rings. The number of carbonyl (C=O) groups is 2. The van der Waals surface area contributed by atoms with Crippen molar-refractivity contribution in [1.82, 2.24) is 0 Å². The van der Waals surface area contributed by atoms with Crippen LogP contribution in [0.5, 0.6) is 0 Å². The van der Waals surface area contributed by atoms with E-state index in [2.05, 4.69) is 6.07 Å². The fourth-order valence-electron chi connectivity index (χ4n) is 3.03. The molecule has 0 spiro atoms. The van der Waals surface area contributed by atoms with Gasteiger partial charge in [0.2, 0.25) is 5.91 Å². The van der Waals surface area contributed by atoms with Crippen molar-refractivity contribution >= 4 is 17.6 Å². The number of nitriles is 1. The van der Waals surface area contributed by atoms with E-state index in [1.54, 1.807) is 11.9 Å². The number of anilines is 1. The molecule has 116 valence electrons. The van der Waals surface area contributed by atoms with E-state index in [4.69, 9.17) is 10.00 Å². The molecule has 0 bridgehead atoms. The van der Waals surface area contributed by atoms with E-state index >= 15 is 0 Å². The maximum Gasteiger partial charge on any atom is 0.302 e. The van der Waals surface area contributed by atoms with Crippen LogP contribution in [0.1, 0.15) is 38.2 Å². The lowest BCUT2D eigenvalue weighted by atomic mass is 9.78. The molecule has 0 saturated carbocycles. The van der Waals surface area contributed by atoms with Crippen molar-refractivity contribution in [2.24, 2.45) is 0 Å². The second kappa shape index (κ2) is 6.61. The number of unbranched alkanes of at least 4 members (excludes halogenated alkanes) is 2. The lowest BCUT2D eigenvalue weighted by Crippen LogP contribution is -2.43. The summed E-state index contributed by atoms with van der Waals surface area (Å²) in [7, 11) is 1.74. The highest BCUT2D eigenvalue weighted by molar-refractivity contribution is 6.08. The van der Waals surface area contributed by atoms with Crippen LogP contribution in [0.25, 0.3) is 0 Å². The monoisotopic (exact) mass is 300 g/mol. The first-order valence-electron chi connectivity index (χ1n) is 7.41. The molecule has 2 rings (SSSR count). The third-order valence-corrected chi connectivity index (χ3v) is 4.16. The molecule has 0 aromatic heterocycles. The minimum Gasteiger partial charge on any atom is -0.464 e. The summed E-state index contributed by atoms with van der Waals surface area (Å²) in [6.07, 6.45) is 2.51. The number of likely N-dealkylation sites (N-methyl/N-ethyl adjacent to an activating group) is 1. The van der Waals surface area contributed by atoms with E-state index in [0.717, 1.165) is 24.1 Å². The van der Waals surface area contributed by atoms with Crippen LogP contribution in [0.2, 0.25) is 0 Å². The fraction of sp³-hybridized carbons (Fsp3) is 0.471. The van der Waals surface area contributed by atoms with Crippen molar-refractivity contribution in [2.75, 3.05) is 18.6 Å². The number of ether oxygens (including phenoxy) is 1. The molecule has 0 N–H and O–H groups in total. The van der Waals surface area contributed by atoms with Gasteiger partial charge in [0.1, 0.15) is 12.0 Å². The SMILES string of the molecule is CC(=O)OCC1(CCCCC#N)C(=O)N(C)c2ccccc21. The number of fused-ring (bicyclic) bond motifs is 1. The van der Waals surface area contributed by atoms with Crippen LogP contribution in [0.4, 0.5) is 5.69 Å². The Morgan fingerprint density at radius 3 is 2.77 bits per heavy atom. The molecule has 1 aromatic carbocycles. The Morgan fingerprint density at radius 2 is 2.09 bits per heavy atom. The summed E-state index contributed by atoms with van der Waals surface area (Å²) in [6.45, 7) is 1.40. The molecule has 0 fully saturated rings. The standard InChI is InChI=1S/C17H20N2O3/c1-13(20)22-12-17(10-6-3-7-11-18)14-8-4-5-9-15(14)19(2)16(17)21/h4-5,8-9H,3,6-7,10,12H2,1-2H3. The normalized spacial score (nSPS) is 19.7. The van der Waals surface area contributed by atoms with Crippen LogP contribution in [0, 0.1) is 11.3 Å². The van der Waals surface area contributed by atoms with Gasteiger partial charge in [0, 0.05) is 26.1 Å². The number of carbonyl (C=O) groups excluding carboxylic acids is 2. The number of esters is 1. The smallest absolute Gasteiger partial charge is 0.302 e. The van der Waals surface area contributed by atoms with Gasteiger partial charge < -0.3 is 9.64 Å². The van der Waals surface area contributed by atoms with E-state index in [0.29, 0.717) is 12.8 Å². The van der Waals surface area contributed by atoms with Crippen molar-refractivity contribution < 1.29 is 14.3 Å². The average Bonchev–Trinajstić information content (AvgIpc) is 2.72. The highest BCUT2D eigenvalue weighted by atomic mass is 16.5. The molecule has 1 aliphatic heterocycles. The van der Waals surface area contributed by atoms with Crippen LogP contribution in [0.3, 0.4) is 0 Å². The number of rotatable bonds is 6. The molecule has 0 saturated heterocycles. The van der Waals surface area contributed by atoms with Crippen LogP contribution in [0.15, 0.2) is 24.3 Å². The van der Waals surface area contributed by atoms with Gasteiger partial charge >= 0.3 is 5.97 Å². The molecule has 1 aliphatic rings. The second-order valence-corrected chi connectivity index (χ2v) is 5.61. The topological polar surface area (TPSA) is 70.4 Å².